The van der Waals surface area contributed by atoms with Crippen molar-refractivity contribution in [2.24, 2.45) is 0 Å². The van der Waals surface area contributed by atoms with Gasteiger partial charge in [0.05, 0.1) is 6.04 Å². The predicted molar refractivity (Wildman–Crippen MR) is 76.4 cm³/mol. The van der Waals surface area contributed by atoms with Gasteiger partial charge in [-0.05, 0) is 26.0 Å². The Morgan fingerprint density at radius 2 is 2.26 bits per heavy atom. The Bertz CT molecular complexity index is 541. The van der Waals surface area contributed by atoms with Gasteiger partial charge >= 0.3 is 0 Å². The smallest absolute Gasteiger partial charge is 0.269 e. The zero-order valence-electron chi connectivity index (χ0n) is 10.9. The second-order valence-corrected chi connectivity index (χ2v) is 4.95. The molecule has 100 valence electrons. The third-order valence-electron chi connectivity index (χ3n) is 2.53. The molecule has 0 fully saturated rings. The number of rotatable bonds is 5. The van der Waals surface area contributed by atoms with E-state index in [4.69, 9.17) is 0 Å². The number of hydrogen-bond acceptors (Lipinski definition) is 5. The molecule has 1 amide bonds. The number of nitrogens with one attached hydrogen (secondary N) is 2. The fourth-order valence-corrected chi connectivity index (χ4v) is 2.30. The average molecular weight is 276 g/mol. The SMILES string of the molecule is CCNC(=O)c1cc(NC(C)c2nccs2)ccn1. The van der Waals surface area contributed by atoms with Crippen molar-refractivity contribution < 1.29 is 4.79 Å². The summed E-state index contributed by atoms with van der Waals surface area (Å²) in [5, 5.41) is 9.00. The first-order valence-electron chi connectivity index (χ1n) is 6.11. The average Bonchev–Trinajstić information content (AvgIpc) is 2.93. The molecule has 6 heteroatoms. The minimum absolute atomic E-state index is 0.101. The molecular weight excluding hydrogens is 260 g/mol. The van der Waals surface area contributed by atoms with Crippen molar-refractivity contribution in [2.45, 2.75) is 19.9 Å². The van der Waals surface area contributed by atoms with Crippen molar-refractivity contribution >= 4 is 22.9 Å². The molecule has 0 saturated heterocycles. The molecule has 1 atom stereocenters. The van der Waals surface area contributed by atoms with E-state index in [9.17, 15) is 4.79 Å². The van der Waals surface area contributed by atoms with Crippen LogP contribution in [0.25, 0.3) is 0 Å². The van der Waals surface area contributed by atoms with Crippen molar-refractivity contribution in [1.82, 2.24) is 15.3 Å². The number of aromatic nitrogens is 2. The highest BCUT2D eigenvalue weighted by atomic mass is 32.1. The molecule has 0 aliphatic rings. The minimum atomic E-state index is -0.159. The zero-order chi connectivity index (χ0) is 13.7. The van der Waals surface area contributed by atoms with Crippen LogP contribution in [0.5, 0.6) is 0 Å². The van der Waals surface area contributed by atoms with Crippen molar-refractivity contribution in [3.05, 3.63) is 40.6 Å². The van der Waals surface area contributed by atoms with E-state index in [-0.39, 0.29) is 11.9 Å². The van der Waals surface area contributed by atoms with Gasteiger partial charge in [0.2, 0.25) is 0 Å². The summed E-state index contributed by atoms with van der Waals surface area (Å²) in [7, 11) is 0. The van der Waals surface area contributed by atoms with Crippen molar-refractivity contribution in [1.29, 1.82) is 0 Å². The Kier molecular flexibility index (Phi) is 4.46. The standard InChI is InChI=1S/C13H16N4OS/c1-3-14-12(18)11-8-10(4-5-15-11)17-9(2)13-16-6-7-19-13/h4-9H,3H2,1-2H3,(H,14,18)(H,15,17). The van der Waals surface area contributed by atoms with Crippen LogP contribution in [0.3, 0.4) is 0 Å². The van der Waals surface area contributed by atoms with Crippen LogP contribution >= 0.6 is 11.3 Å². The molecule has 19 heavy (non-hydrogen) atoms. The van der Waals surface area contributed by atoms with Gasteiger partial charge in [-0.2, -0.15) is 0 Å². The molecule has 5 nitrogen and oxygen atoms in total. The summed E-state index contributed by atoms with van der Waals surface area (Å²) in [5.74, 6) is -0.159. The van der Waals surface area contributed by atoms with Crippen LogP contribution in [-0.2, 0) is 0 Å². The van der Waals surface area contributed by atoms with Gasteiger partial charge in [0.15, 0.2) is 0 Å². The second-order valence-electron chi connectivity index (χ2n) is 4.03. The maximum Gasteiger partial charge on any atom is 0.269 e. The molecule has 2 aromatic rings. The number of nitrogens with zero attached hydrogens (tertiary/aromatic N) is 2. The molecule has 0 aromatic carbocycles. The van der Waals surface area contributed by atoms with E-state index >= 15 is 0 Å². The Hall–Kier alpha value is -1.95. The molecule has 0 radical (unpaired) electrons. The van der Waals surface area contributed by atoms with E-state index in [0.29, 0.717) is 12.2 Å². The first kappa shape index (κ1) is 13.5. The van der Waals surface area contributed by atoms with Crippen molar-refractivity contribution in [3.63, 3.8) is 0 Å². The van der Waals surface area contributed by atoms with E-state index in [1.54, 1.807) is 29.8 Å². The molecule has 2 aromatic heterocycles. The number of hydrogen-bond donors (Lipinski definition) is 2. The van der Waals surface area contributed by atoms with Crippen LogP contribution in [0.4, 0.5) is 5.69 Å². The van der Waals surface area contributed by atoms with Gasteiger partial charge in [-0.3, -0.25) is 9.78 Å². The summed E-state index contributed by atoms with van der Waals surface area (Å²) in [6, 6.07) is 3.69. The van der Waals surface area contributed by atoms with E-state index in [0.717, 1.165) is 10.7 Å². The first-order valence-corrected chi connectivity index (χ1v) is 6.99. The predicted octanol–water partition coefficient (Wildman–Crippen LogP) is 2.46. The third-order valence-corrected chi connectivity index (χ3v) is 3.49. The van der Waals surface area contributed by atoms with E-state index in [2.05, 4.69) is 20.6 Å². The van der Waals surface area contributed by atoms with Gasteiger partial charge in [0.1, 0.15) is 10.7 Å². The molecule has 0 spiro atoms. The normalized spacial score (nSPS) is 11.9. The van der Waals surface area contributed by atoms with E-state index < -0.39 is 0 Å². The number of carbonyl (C=O) groups excluding carboxylic acids is 1. The van der Waals surface area contributed by atoms with Gasteiger partial charge in [0, 0.05) is 30.0 Å². The fraction of sp³-hybridized carbons (Fsp3) is 0.308. The fourth-order valence-electron chi connectivity index (χ4n) is 1.66. The Morgan fingerprint density at radius 1 is 1.42 bits per heavy atom. The third kappa shape index (κ3) is 3.51. The highest BCUT2D eigenvalue weighted by Crippen LogP contribution is 2.20. The monoisotopic (exact) mass is 276 g/mol. The lowest BCUT2D eigenvalue weighted by Gasteiger charge is -2.13. The maximum absolute atomic E-state index is 11.7. The van der Waals surface area contributed by atoms with E-state index in [1.165, 1.54) is 0 Å². The van der Waals surface area contributed by atoms with Gasteiger partial charge in [-0.1, -0.05) is 0 Å². The van der Waals surface area contributed by atoms with Gasteiger partial charge in [-0.25, -0.2) is 4.98 Å². The van der Waals surface area contributed by atoms with Crippen LogP contribution in [0, 0.1) is 0 Å². The lowest BCUT2D eigenvalue weighted by molar-refractivity contribution is 0.0951. The summed E-state index contributed by atoms with van der Waals surface area (Å²) in [6.07, 6.45) is 3.41. The zero-order valence-corrected chi connectivity index (χ0v) is 11.7. The highest BCUT2D eigenvalue weighted by Gasteiger charge is 2.10. The number of amides is 1. The summed E-state index contributed by atoms with van der Waals surface area (Å²) in [5.41, 5.74) is 1.28. The largest absolute Gasteiger partial charge is 0.376 e. The molecule has 0 saturated carbocycles. The van der Waals surface area contributed by atoms with Crippen LogP contribution in [-0.4, -0.2) is 22.4 Å². The highest BCUT2D eigenvalue weighted by molar-refractivity contribution is 7.09. The molecule has 1 unspecified atom stereocenters. The summed E-state index contributed by atoms with van der Waals surface area (Å²) in [4.78, 5) is 20.0. The molecule has 2 heterocycles. The summed E-state index contributed by atoms with van der Waals surface area (Å²) < 4.78 is 0. The van der Waals surface area contributed by atoms with Crippen LogP contribution in [0.1, 0.15) is 35.4 Å². The van der Waals surface area contributed by atoms with Gasteiger partial charge in [0.25, 0.3) is 5.91 Å². The number of anilines is 1. The van der Waals surface area contributed by atoms with Gasteiger partial charge in [-0.15, -0.1) is 11.3 Å². The Morgan fingerprint density at radius 3 is 2.95 bits per heavy atom. The Labute approximate surface area is 116 Å². The van der Waals surface area contributed by atoms with Crippen molar-refractivity contribution in [2.75, 3.05) is 11.9 Å². The Balaban J connectivity index is 2.09. The second kappa shape index (κ2) is 6.29. The molecule has 0 aliphatic carbocycles. The summed E-state index contributed by atoms with van der Waals surface area (Å²) >= 11 is 1.60. The molecule has 0 bridgehead atoms. The molecular formula is C13H16N4OS. The topological polar surface area (TPSA) is 66.9 Å². The van der Waals surface area contributed by atoms with Crippen LogP contribution in [0.15, 0.2) is 29.9 Å². The van der Waals surface area contributed by atoms with Gasteiger partial charge < -0.3 is 10.6 Å². The molecule has 0 aliphatic heterocycles. The van der Waals surface area contributed by atoms with Crippen LogP contribution < -0.4 is 10.6 Å². The molecule has 2 rings (SSSR count). The quantitative estimate of drug-likeness (QED) is 0.880. The molecule has 2 N–H and O–H groups in total. The maximum atomic E-state index is 11.7. The first-order chi connectivity index (χ1) is 9.20. The van der Waals surface area contributed by atoms with Crippen LogP contribution in [0.2, 0.25) is 0 Å². The number of thiazole rings is 1. The lowest BCUT2D eigenvalue weighted by atomic mass is 10.2. The minimum Gasteiger partial charge on any atom is -0.376 e. The summed E-state index contributed by atoms with van der Waals surface area (Å²) in [6.45, 7) is 4.50. The number of carbonyl (C=O) groups is 1. The lowest BCUT2D eigenvalue weighted by Crippen LogP contribution is -2.23. The number of pyridine rings is 1. The van der Waals surface area contributed by atoms with E-state index in [1.807, 2.05) is 25.3 Å². The van der Waals surface area contributed by atoms with Crippen molar-refractivity contribution in [3.8, 4) is 0 Å².